The van der Waals surface area contributed by atoms with Crippen LogP contribution in [0.5, 0.6) is 0 Å². The number of amides is 2. The van der Waals surface area contributed by atoms with Gasteiger partial charge in [-0.2, -0.15) is 0 Å². The Bertz CT molecular complexity index is 548. The van der Waals surface area contributed by atoms with Crippen molar-refractivity contribution in [2.45, 2.75) is 59.3 Å². The summed E-state index contributed by atoms with van der Waals surface area (Å²) in [5.41, 5.74) is 2.33. The highest BCUT2D eigenvalue weighted by molar-refractivity contribution is 5.79. The molecule has 0 aliphatic rings. The average molecular weight is 332 g/mol. The summed E-state index contributed by atoms with van der Waals surface area (Å²) >= 11 is 0. The highest BCUT2D eigenvalue weighted by Gasteiger charge is 2.21. The van der Waals surface area contributed by atoms with Gasteiger partial charge in [-0.25, -0.2) is 0 Å². The first-order valence-corrected chi connectivity index (χ1v) is 8.91. The van der Waals surface area contributed by atoms with E-state index in [-0.39, 0.29) is 17.2 Å². The van der Waals surface area contributed by atoms with Crippen LogP contribution in [0.4, 0.5) is 0 Å². The Kier molecular flexibility index (Phi) is 7.96. The van der Waals surface area contributed by atoms with Crippen LogP contribution >= 0.6 is 0 Å². The third-order valence-corrected chi connectivity index (χ3v) is 4.44. The van der Waals surface area contributed by atoms with E-state index in [1.54, 1.807) is 4.90 Å². The van der Waals surface area contributed by atoms with E-state index >= 15 is 0 Å². The van der Waals surface area contributed by atoms with Crippen molar-refractivity contribution in [1.82, 2.24) is 10.2 Å². The van der Waals surface area contributed by atoms with E-state index in [4.69, 9.17) is 0 Å². The van der Waals surface area contributed by atoms with Gasteiger partial charge in [-0.15, -0.1) is 0 Å². The molecule has 0 atom stereocenters. The van der Waals surface area contributed by atoms with Crippen LogP contribution in [0.25, 0.3) is 0 Å². The van der Waals surface area contributed by atoms with Gasteiger partial charge in [0.05, 0.1) is 0 Å². The van der Waals surface area contributed by atoms with E-state index in [9.17, 15) is 9.59 Å². The normalized spacial score (nSPS) is 11.2. The van der Waals surface area contributed by atoms with Crippen molar-refractivity contribution in [2.24, 2.45) is 0 Å². The van der Waals surface area contributed by atoms with Crippen LogP contribution in [0.3, 0.4) is 0 Å². The Morgan fingerprint density at radius 1 is 1.12 bits per heavy atom. The van der Waals surface area contributed by atoms with Crippen molar-refractivity contribution >= 4 is 11.8 Å². The van der Waals surface area contributed by atoms with Gasteiger partial charge in [0.2, 0.25) is 11.8 Å². The lowest BCUT2D eigenvalue weighted by Gasteiger charge is -2.26. The minimum Gasteiger partial charge on any atom is -0.355 e. The number of carbonyl (C=O) groups excluding carboxylic acids is 2. The lowest BCUT2D eigenvalue weighted by Crippen LogP contribution is -2.36. The zero-order valence-electron chi connectivity index (χ0n) is 15.8. The van der Waals surface area contributed by atoms with Crippen LogP contribution in [0.1, 0.15) is 58.1 Å². The first-order chi connectivity index (χ1) is 11.3. The standard InChI is InChI=1S/C20H32N2O2/c1-6-22(7-2)19(24)13-9-12-18(23)21-15-20(4,5)17-11-8-10-16(3)14-17/h8,10-11,14H,6-7,9,12-13,15H2,1-5H3,(H,21,23). The number of rotatable bonds is 9. The highest BCUT2D eigenvalue weighted by Crippen LogP contribution is 2.23. The monoisotopic (exact) mass is 332 g/mol. The number of aryl methyl sites for hydroxylation is 1. The van der Waals surface area contributed by atoms with Crippen LogP contribution in [-0.4, -0.2) is 36.3 Å². The van der Waals surface area contributed by atoms with Gasteiger partial charge >= 0.3 is 0 Å². The largest absolute Gasteiger partial charge is 0.355 e. The van der Waals surface area contributed by atoms with Crippen molar-refractivity contribution in [3.63, 3.8) is 0 Å². The molecule has 0 saturated heterocycles. The molecule has 0 bridgehead atoms. The second-order valence-corrected chi connectivity index (χ2v) is 6.95. The Morgan fingerprint density at radius 2 is 1.79 bits per heavy atom. The fourth-order valence-corrected chi connectivity index (χ4v) is 2.71. The van der Waals surface area contributed by atoms with Gasteiger partial charge in [0.15, 0.2) is 0 Å². The summed E-state index contributed by atoms with van der Waals surface area (Å²) < 4.78 is 0. The topological polar surface area (TPSA) is 49.4 Å². The molecular formula is C20H32N2O2. The van der Waals surface area contributed by atoms with Gasteiger partial charge in [0.1, 0.15) is 0 Å². The van der Waals surface area contributed by atoms with Gasteiger partial charge in [-0.1, -0.05) is 43.7 Å². The second-order valence-electron chi connectivity index (χ2n) is 6.95. The van der Waals surface area contributed by atoms with E-state index in [1.807, 2.05) is 19.9 Å². The molecule has 24 heavy (non-hydrogen) atoms. The van der Waals surface area contributed by atoms with Gasteiger partial charge in [-0.05, 0) is 32.8 Å². The molecule has 4 nitrogen and oxygen atoms in total. The Morgan fingerprint density at radius 3 is 2.38 bits per heavy atom. The quantitative estimate of drug-likeness (QED) is 0.753. The number of carbonyl (C=O) groups is 2. The fraction of sp³-hybridized carbons (Fsp3) is 0.600. The molecule has 1 aromatic rings. The molecule has 0 saturated carbocycles. The molecule has 0 fully saturated rings. The molecule has 0 aromatic heterocycles. The van der Waals surface area contributed by atoms with Crippen molar-refractivity contribution in [2.75, 3.05) is 19.6 Å². The minimum atomic E-state index is -0.112. The van der Waals surface area contributed by atoms with E-state index in [1.165, 1.54) is 11.1 Å². The molecule has 0 aliphatic carbocycles. The molecule has 0 aliphatic heterocycles. The molecule has 134 valence electrons. The summed E-state index contributed by atoms with van der Waals surface area (Å²) in [5, 5.41) is 3.01. The third kappa shape index (κ3) is 6.34. The van der Waals surface area contributed by atoms with E-state index in [0.717, 1.165) is 13.1 Å². The molecule has 1 rings (SSSR count). The van der Waals surface area contributed by atoms with Crippen LogP contribution < -0.4 is 5.32 Å². The number of hydrogen-bond donors (Lipinski definition) is 1. The second kappa shape index (κ2) is 9.45. The highest BCUT2D eigenvalue weighted by atomic mass is 16.2. The molecule has 0 spiro atoms. The molecular weight excluding hydrogens is 300 g/mol. The van der Waals surface area contributed by atoms with Crippen molar-refractivity contribution < 1.29 is 9.59 Å². The first kappa shape index (κ1) is 20.2. The van der Waals surface area contributed by atoms with E-state index in [2.05, 4.69) is 44.3 Å². The SMILES string of the molecule is CCN(CC)C(=O)CCCC(=O)NCC(C)(C)c1cccc(C)c1. The number of nitrogens with zero attached hydrogens (tertiary/aromatic N) is 1. The minimum absolute atomic E-state index is 0.0167. The first-order valence-electron chi connectivity index (χ1n) is 8.91. The maximum absolute atomic E-state index is 12.0. The van der Waals surface area contributed by atoms with Crippen molar-refractivity contribution in [3.8, 4) is 0 Å². The number of nitrogens with one attached hydrogen (secondary N) is 1. The Labute approximate surface area is 146 Å². The van der Waals surface area contributed by atoms with Crippen molar-refractivity contribution in [1.29, 1.82) is 0 Å². The fourth-order valence-electron chi connectivity index (χ4n) is 2.71. The summed E-state index contributed by atoms with van der Waals surface area (Å²) in [5.74, 6) is 0.149. The maximum atomic E-state index is 12.0. The average Bonchev–Trinajstić information content (AvgIpc) is 2.54. The third-order valence-electron chi connectivity index (χ3n) is 4.44. The summed E-state index contributed by atoms with van der Waals surface area (Å²) in [6.45, 7) is 12.3. The molecule has 1 N–H and O–H groups in total. The van der Waals surface area contributed by atoms with Crippen LogP contribution in [0, 0.1) is 6.92 Å². The summed E-state index contributed by atoms with van der Waals surface area (Å²) in [7, 11) is 0. The van der Waals surface area contributed by atoms with Crippen LogP contribution in [0.2, 0.25) is 0 Å². The van der Waals surface area contributed by atoms with Crippen molar-refractivity contribution in [3.05, 3.63) is 35.4 Å². The maximum Gasteiger partial charge on any atom is 0.222 e. The zero-order valence-corrected chi connectivity index (χ0v) is 15.8. The predicted octanol–water partition coefficient (Wildman–Crippen LogP) is 3.43. The Hall–Kier alpha value is -1.84. The number of hydrogen-bond acceptors (Lipinski definition) is 2. The molecule has 0 unspecified atom stereocenters. The Balaban J connectivity index is 2.39. The lowest BCUT2D eigenvalue weighted by atomic mass is 9.84. The van der Waals surface area contributed by atoms with Gasteiger partial charge in [0, 0.05) is 37.9 Å². The zero-order chi connectivity index (χ0) is 18.2. The van der Waals surface area contributed by atoms with Gasteiger partial charge < -0.3 is 10.2 Å². The summed E-state index contributed by atoms with van der Waals surface area (Å²) in [6.07, 6.45) is 1.44. The van der Waals surface area contributed by atoms with E-state index in [0.29, 0.717) is 25.8 Å². The summed E-state index contributed by atoms with van der Waals surface area (Å²) in [4.78, 5) is 25.8. The summed E-state index contributed by atoms with van der Waals surface area (Å²) in [6, 6.07) is 8.38. The van der Waals surface area contributed by atoms with Gasteiger partial charge in [0.25, 0.3) is 0 Å². The predicted molar refractivity (Wildman–Crippen MR) is 99.0 cm³/mol. The molecule has 4 heteroatoms. The molecule has 0 radical (unpaired) electrons. The molecule has 0 heterocycles. The smallest absolute Gasteiger partial charge is 0.222 e. The molecule has 1 aromatic carbocycles. The van der Waals surface area contributed by atoms with E-state index < -0.39 is 0 Å². The van der Waals surface area contributed by atoms with Crippen LogP contribution in [-0.2, 0) is 15.0 Å². The van der Waals surface area contributed by atoms with Gasteiger partial charge in [-0.3, -0.25) is 9.59 Å². The number of benzene rings is 1. The van der Waals surface area contributed by atoms with Crippen LogP contribution in [0.15, 0.2) is 24.3 Å². The molecule has 2 amide bonds. The lowest BCUT2D eigenvalue weighted by molar-refractivity contribution is -0.131.